The molecular weight excluding hydrogens is 322 g/mol. The summed E-state index contributed by atoms with van der Waals surface area (Å²) in [7, 11) is 0. The standard InChI is InChI=1S/C15H22BrNO3/c1-5-8-20-14-9-12(6-7-13(14)17(18)19)15(10(2)3)11(4)16/h6-7,9-11,15H,5,8H2,1-4H3. The summed E-state index contributed by atoms with van der Waals surface area (Å²) < 4.78 is 5.54. The predicted molar refractivity (Wildman–Crippen MR) is 84.9 cm³/mol. The maximum atomic E-state index is 11.1. The van der Waals surface area contributed by atoms with E-state index in [0.29, 0.717) is 29.0 Å². The molecule has 1 aromatic rings. The molecule has 0 saturated carbocycles. The van der Waals surface area contributed by atoms with E-state index in [9.17, 15) is 10.1 Å². The minimum Gasteiger partial charge on any atom is -0.487 e. The van der Waals surface area contributed by atoms with Crippen LogP contribution in [0, 0.1) is 16.0 Å². The van der Waals surface area contributed by atoms with E-state index in [1.807, 2.05) is 19.1 Å². The number of hydrogen-bond acceptors (Lipinski definition) is 3. The fourth-order valence-electron chi connectivity index (χ4n) is 2.40. The van der Waals surface area contributed by atoms with Gasteiger partial charge in [-0.05, 0) is 29.9 Å². The van der Waals surface area contributed by atoms with Gasteiger partial charge in [0.2, 0.25) is 0 Å². The Bertz CT molecular complexity index is 452. The van der Waals surface area contributed by atoms with Gasteiger partial charge >= 0.3 is 5.69 Å². The summed E-state index contributed by atoms with van der Waals surface area (Å²) in [6, 6.07) is 5.20. The van der Waals surface area contributed by atoms with Gasteiger partial charge in [-0.25, -0.2) is 0 Å². The first-order chi connectivity index (χ1) is 9.38. The highest BCUT2D eigenvalue weighted by molar-refractivity contribution is 9.09. The van der Waals surface area contributed by atoms with Crippen LogP contribution in [0.1, 0.15) is 45.6 Å². The molecule has 112 valence electrons. The molecule has 0 aliphatic carbocycles. The van der Waals surface area contributed by atoms with Crippen LogP contribution >= 0.6 is 15.9 Å². The lowest BCUT2D eigenvalue weighted by Crippen LogP contribution is -2.15. The first kappa shape index (κ1) is 17.0. The van der Waals surface area contributed by atoms with E-state index in [2.05, 4.69) is 36.7 Å². The van der Waals surface area contributed by atoms with Crippen LogP contribution in [-0.4, -0.2) is 16.4 Å². The maximum Gasteiger partial charge on any atom is 0.310 e. The van der Waals surface area contributed by atoms with Gasteiger partial charge in [-0.2, -0.15) is 0 Å². The summed E-state index contributed by atoms with van der Waals surface area (Å²) in [5.74, 6) is 1.10. The summed E-state index contributed by atoms with van der Waals surface area (Å²) >= 11 is 3.63. The van der Waals surface area contributed by atoms with Crippen LogP contribution in [0.4, 0.5) is 5.69 Å². The zero-order chi connectivity index (χ0) is 15.3. The number of rotatable bonds is 7. The van der Waals surface area contributed by atoms with Gasteiger partial charge in [-0.15, -0.1) is 0 Å². The Hall–Kier alpha value is -1.10. The van der Waals surface area contributed by atoms with Gasteiger partial charge in [0.05, 0.1) is 11.5 Å². The number of nitro groups is 1. The molecule has 20 heavy (non-hydrogen) atoms. The largest absolute Gasteiger partial charge is 0.487 e. The van der Waals surface area contributed by atoms with E-state index in [0.717, 1.165) is 12.0 Å². The normalized spacial score (nSPS) is 14.1. The van der Waals surface area contributed by atoms with Gasteiger partial charge in [0.25, 0.3) is 0 Å². The van der Waals surface area contributed by atoms with Crippen molar-refractivity contribution < 1.29 is 9.66 Å². The van der Waals surface area contributed by atoms with Crippen LogP contribution < -0.4 is 4.74 Å². The number of hydrogen-bond donors (Lipinski definition) is 0. The van der Waals surface area contributed by atoms with Crippen LogP contribution in [0.25, 0.3) is 0 Å². The number of nitrogens with zero attached hydrogens (tertiary/aromatic N) is 1. The molecule has 0 aliphatic rings. The highest BCUT2D eigenvalue weighted by atomic mass is 79.9. The molecule has 2 atom stereocenters. The van der Waals surface area contributed by atoms with Gasteiger partial charge in [-0.1, -0.05) is 49.7 Å². The Labute approximate surface area is 128 Å². The van der Waals surface area contributed by atoms with E-state index >= 15 is 0 Å². The molecular formula is C15H22BrNO3. The van der Waals surface area contributed by atoms with Crippen molar-refractivity contribution in [2.45, 2.75) is 44.9 Å². The van der Waals surface area contributed by atoms with Gasteiger partial charge in [0, 0.05) is 10.9 Å². The Balaban J connectivity index is 3.19. The number of alkyl halides is 1. The number of ether oxygens (including phenoxy) is 1. The van der Waals surface area contributed by atoms with Crippen molar-refractivity contribution >= 4 is 21.6 Å². The van der Waals surface area contributed by atoms with E-state index < -0.39 is 4.92 Å². The summed E-state index contributed by atoms with van der Waals surface area (Å²) in [5, 5.41) is 11.1. The molecule has 1 aromatic carbocycles. The molecule has 0 radical (unpaired) electrons. The van der Waals surface area contributed by atoms with Crippen molar-refractivity contribution in [3.05, 3.63) is 33.9 Å². The summed E-state index contributed by atoms with van der Waals surface area (Å²) in [6.07, 6.45) is 0.823. The molecule has 4 nitrogen and oxygen atoms in total. The third-order valence-corrected chi connectivity index (χ3v) is 3.81. The number of benzene rings is 1. The van der Waals surface area contributed by atoms with E-state index in [1.54, 1.807) is 6.07 Å². The minimum absolute atomic E-state index is 0.0342. The van der Waals surface area contributed by atoms with Crippen molar-refractivity contribution in [2.24, 2.45) is 5.92 Å². The second-order valence-electron chi connectivity index (χ2n) is 5.28. The topological polar surface area (TPSA) is 52.4 Å². The Morgan fingerprint density at radius 3 is 2.45 bits per heavy atom. The summed E-state index contributed by atoms with van der Waals surface area (Å²) in [4.78, 5) is 11.0. The average molecular weight is 344 g/mol. The molecule has 0 fully saturated rings. The molecule has 0 spiro atoms. The van der Waals surface area contributed by atoms with Gasteiger partial charge in [0.15, 0.2) is 5.75 Å². The molecule has 1 rings (SSSR count). The maximum absolute atomic E-state index is 11.1. The van der Waals surface area contributed by atoms with Crippen molar-refractivity contribution in [1.82, 2.24) is 0 Å². The van der Waals surface area contributed by atoms with Gasteiger partial charge < -0.3 is 4.74 Å². The van der Waals surface area contributed by atoms with Crippen molar-refractivity contribution in [1.29, 1.82) is 0 Å². The molecule has 0 N–H and O–H groups in total. The lowest BCUT2D eigenvalue weighted by atomic mass is 9.86. The number of nitro benzene ring substituents is 1. The Morgan fingerprint density at radius 2 is 2.00 bits per heavy atom. The quantitative estimate of drug-likeness (QED) is 0.401. The monoisotopic (exact) mass is 343 g/mol. The first-order valence-electron chi connectivity index (χ1n) is 6.93. The van der Waals surface area contributed by atoms with Crippen LogP contribution in [0.5, 0.6) is 5.75 Å². The minimum atomic E-state index is -0.392. The van der Waals surface area contributed by atoms with E-state index in [4.69, 9.17) is 4.74 Å². The molecule has 0 amide bonds. The van der Waals surface area contributed by atoms with E-state index in [1.165, 1.54) is 0 Å². The lowest BCUT2D eigenvalue weighted by molar-refractivity contribution is -0.385. The Kier molecular flexibility index (Phi) is 6.46. The average Bonchev–Trinajstić information content (AvgIpc) is 2.35. The van der Waals surface area contributed by atoms with E-state index in [-0.39, 0.29) is 5.69 Å². The smallest absolute Gasteiger partial charge is 0.310 e. The zero-order valence-corrected chi connectivity index (χ0v) is 14.0. The van der Waals surface area contributed by atoms with Crippen LogP contribution in [0.3, 0.4) is 0 Å². The molecule has 5 heteroatoms. The van der Waals surface area contributed by atoms with Crippen molar-refractivity contribution in [3.63, 3.8) is 0 Å². The first-order valence-corrected chi connectivity index (χ1v) is 7.85. The van der Waals surface area contributed by atoms with Crippen LogP contribution in [-0.2, 0) is 0 Å². The second kappa shape index (κ2) is 7.62. The fourth-order valence-corrected chi connectivity index (χ4v) is 3.31. The molecule has 0 bridgehead atoms. The second-order valence-corrected chi connectivity index (χ2v) is 6.72. The summed E-state index contributed by atoms with van der Waals surface area (Å²) in [5.41, 5.74) is 1.10. The number of halogens is 1. The third-order valence-electron chi connectivity index (χ3n) is 3.24. The van der Waals surface area contributed by atoms with Crippen molar-refractivity contribution in [2.75, 3.05) is 6.61 Å². The van der Waals surface area contributed by atoms with Gasteiger partial charge in [-0.3, -0.25) is 10.1 Å². The molecule has 0 aliphatic heterocycles. The summed E-state index contributed by atoms with van der Waals surface area (Å²) in [6.45, 7) is 8.86. The zero-order valence-electron chi connectivity index (χ0n) is 12.4. The molecule has 2 unspecified atom stereocenters. The molecule has 0 saturated heterocycles. The highest BCUT2D eigenvalue weighted by Crippen LogP contribution is 2.37. The van der Waals surface area contributed by atoms with Crippen molar-refractivity contribution in [3.8, 4) is 5.75 Å². The SMILES string of the molecule is CCCOc1cc(C(C(C)C)C(C)Br)ccc1[N+](=O)[O-]. The van der Waals surface area contributed by atoms with Crippen LogP contribution in [0.2, 0.25) is 0 Å². The molecule has 0 aromatic heterocycles. The predicted octanol–water partition coefficient (Wildman–Crippen LogP) is 4.91. The fraction of sp³-hybridized carbons (Fsp3) is 0.600. The van der Waals surface area contributed by atoms with Gasteiger partial charge in [0.1, 0.15) is 0 Å². The van der Waals surface area contributed by atoms with Crippen LogP contribution in [0.15, 0.2) is 18.2 Å². The lowest BCUT2D eigenvalue weighted by Gasteiger charge is -2.24. The molecule has 0 heterocycles. The Morgan fingerprint density at radius 1 is 1.35 bits per heavy atom. The third kappa shape index (κ3) is 4.20. The highest BCUT2D eigenvalue weighted by Gasteiger charge is 2.24.